The third kappa shape index (κ3) is 1.90. The summed E-state index contributed by atoms with van der Waals surface area (Å²) in [7, 11) is 0. The van der Waals surface area contributed by atoms with Gasteiger partial charge in [-0.05, 0) is 56.7 Å². The van der Waals surface area contributed by atoms with Crippen molar-refractivity contribution >= 4 is 55.4 Å². The van der Waals surface area contributed by atoms with Crippen molar-refractivity contribution < 1.29 is 9.47 Å². The topological polar surface area (TPSA) is 18.5 Å². The van der Waals surface area contributed by atoms with Crippen LogP contribution in [0.4, 0.5) is 0 Å². The Hall–Kier alpha value is -3.98. The van der Waals surface area contributed by atoms with Crippen LogP contribution in [-0.2, 0) is 0 Å². The molecule has 0 radical (unpaired) electrons. The summed E-state index contributed by atoms with van der Waals surface area (Å²) in [5, 5.41) is 7.57. The first-order valence-electron chi connectivity index (χ1n) is 10.6. The van der Waals surface area contributed by atoms with E-state index in [-0.39, 0.29) is 6.71 Å². The number of hydrogen-bond acceptors (Lipinski definition) is 2. The lowest BCUT2D eigenvalue weighted by atomic mass is 9.34. The van der Waals surface area contributed by atoms with Crippen molar-refractivity contribution in [3.63, 3.8) is 0 Å². The Balaban J connectivity index is 1.55. The Morgan fingerprint density at radius 3 is 2.13 bits per heavy atom. The third-order valence-electron chi connectivity index (χ3n) is 6.91. The molecule has 2 aliphatic rings. The number of benzene rings is 6. The summed E-state index contributed by atoms with van der Waals surface area (Å²) < 4.78 is 12.9. The molecule has 8 rings (SSSR count). The first-order chi connectivity index (χ1) is 15.4. The Labute approximate surface area is 179 Å². The van der Waals surface area contributed by atoms with E-state index in [9.17, 15) is 0 Å². The maximum Gasteiger partial charge on any atom is 0.260 e. The number of ether oxygens (including phenoxy) is 2. The number of rotatable bonds is 0. The molecule has 3 heteroatoms. The molecular weight excluding hydrogens is 379 g/mol. The summed E-state index contributed by atoms with van der Waals surface area (Å²) in [5.41, 5.74) is 3.53. The van der Waals surface area contributed by atoms with Gasteiger partial charge in [0.25, 0.3) is 6.71 Å². The van der Waals surface area contributed by atoms with Crippen molar-refractivity contribution in [3.05, 3.63) is 91.0 Å². The maximum atomic E-state index is 6.62. The van der Waals surface area contributed by atoms with Gasteiger partial charge in [-0.3, -0.25) is 0 Å². The third-order valence-corrected chi connectivity index (χ3v) is 6.91. The summed E-state index contributed by atoms with van der Waals surface area (Å²) in [6.45, 7) is 0.0989. The second-order valence-corrected chi connectivity index (χ2v) is 8.49. The van der Waals surface area contributed by atoms with Crippen molar-refractivity contribution in [1.29, 1.82) is 0 Å². The molecule has 2 heterocycles. The molecule has 2 nitrogen and oxygen atoms in total. The molecular formula is C28H15BO2. The molecule has 142 valence electrons. The minimum atomic E-state index is 0.0989. The van der Waals surface area contributed by atoms with E-state index in [2.05, 4.69) is 72.8 Å². The van der Waals surface area contributed by atoms with Crippen LogP contribution in [0.3, 0.4) is 0 Å². The van der Waals surface area contributed by atoms with Crippen molar-refractivity contribution in [2.45, 2.75) is 0 Å². The molecule has 0 amide bonds. The van der Waals surface area contributed by atoms with Gasteiger partial charge >= 0.3 is 0 Å². The molecule has 0 saturated carbocycles. The first kappa shape index (κ1) is 15.8. The fourth-order valence-electron chi connectivity index (χ4n) is 5.64. The molecule has 6 aromatic carbocycles. The van der Waals surface area contributed by atoms with Gasteiger partial charge in [0.2, 0.25) is 0 Å². The van der Waals surface area contributed by atoms with E-state index >= 15 is 0 Å². The fourth-order valence-corrected chi connectivity index (χ4v) is 5.64. The Kier molecular flexibility index (Phi) is 2.75. The van der Waals surface area contributed by atoms with Crippen molar-refractivity contribution in [3.8, 4) is 23.0 Å². The van der Waals surface area contributed by atoms with Crippen LogP contribution in [0.15, 0.2) is 91.0 Å². The lowest BCUT2D eigenvalue weighted by molar-refractivity contribution is 0.467. The van der Waals surface area contributed by atoms with Gasteiger partial charge < -0.3 is 9.47 Å². The normalized spacial score (nSPS) is 13.6. The zero-order valence-electron chi connectivity index (χ0n) is 16.6. The molecule has 0 fully saturated rings. The SMILES string of the molecule is c1ccc2c(c1)Oc1cccc3c1B2c1cc2ccc4cccc5ccc(c1O3)c2c45. The molecule has 0 aromatic heterocycles. The summed E-state index contributed by atoms with van der Waals surface area (Å²) in [6.07, 6.45) is 0. The second-order valence-electron chi connectivity index (χ2n) is 8.49. The van der Waals surface area contributed by atoms with Gasteiger partial charge in [0, 0.05) is 16.2 Å². The summed E-state index contributed by atoms with van der Waals surface area (Å²) >= 11 is 0. The molecule has 0 atom stereocenters. The summed E-state index contributed by atoms with van der Waals surface area (Å²) in [5.74, 6) is 3.67. The lowest BCUT2D eigenvalue weighted by Gasteiger charge is -2.33. The van der Waals surface area contributed by atoms with E-state index in [1.54, 1.807) is 0 Å². The van der Waals surface area contributed by atoms with Gasteiger partial charge in [-0.15, -0.1) is 0 Å². The highest BCUT2D eigenvalue weighted by molar-refractivity contribution is 6.98. The van der Waals surface area contributed by atoms with Crippen LogP contribution >= 0.6 is 0 Å². The molecule has 6 aromatic rings. The van der Waals surface area contributed by atoms with Gasteiger partial charge in [-0.2, -0.15) is 0 Å². The Morgan fingerprint density at radius 1 is 0.516 bits per heavy atom. The Bertz CT molecular complexity index is 1690. The quantitative estimate of drug-likeness (QED) is 0.256. The highest BCUT2D eigenvalue weighted by Gasteiger charge is 2.40. The van der Waals surface area contributed by atoms with Crippen LogP contribution in [0.5, 0.6) is 23.0 Å². The molecule has 0 spiro atoms. The maximum absolute atomic E-state index is 6.62. The molecule has 31 heavy (non-hydrogen) atoms. The molecule has 0 bridgehead atoms. The minimum absolute atomic E-state index is 0.0989. The number of hydrogen-bond donors (Lipinski definition) is 0. The van der Waals surface area contributed by atoms with Crippen LogP contribution in [-0.4, -0.2) is 6.71 Å². The average Bonchev–Trinajstić information content (AvgIpc) is 2.82. The van der Waals surface area contributed by atoms with Gasteiger partial charge in [-0.1, -0.05) is 66.7 Å². The largest absolute Gasteiger partial charge is 0.458 e. The van der Waals surface area contributed by atoms with Gasteiger partial charge in [0.05, 0.1) is 0 Å². The first-order valence-corrected chi connectivity index (χ1v) is 10.6. The zero-order valence-corrected chi connectivity index (χ0v) is 16.6. The van der Waals surface area contributed by atoms with E-state index in [4.69, 9.17) is 9.47 Å². The van der Waals surface area contributed by atoms with Gasteiger partial charge in [0.15, 0.2) is 0 Å². The van der Waals surface area contributed by atoms with Crippen LogP contribution in [0.2, 0.25) is 0 Å². The van der Waals surface area contributed by atoms with E-state index in [1.165, 1.54) is 43.2 Å². The van der Waals surface area contributed by atoms with Crippen molar-refractivity contribution in [2.75, 3.05) is 0 Å². The van der Waals surface area contributed by atoms with Crippen molar-refractivity contribution in [2.24, 2.45) is 0 Å². The van der Waals surface area contributed by atoms with E-state index in [0.29, 0.717) is 0 Å². The standard InChI is InChI=1S/C28H15BO2/c1-2-8-22-20(7-1)29-21-15-18-12-11-16-5-3-6-17-13-14-19(26(18)25(16)17)28(21)31-24-10-4-9-23(30-22)27(24)29/h1-15H. The van der Waals surface area contributed by atoms with E-state index in [1.807, 2.05) is 18.2 Å². The van der Waals surface area contributed by atoms with Crippen LogP contribution in [0.25, 0.3) is 32.3 Å². The summed E-state index contributed by atoms with van der Waals surface area (Å²) in [4.78, 5) is 0. The fraction of sp³-hybridized carbons (Fsp3) is 0. The lowest BCUT2D eigenvalue weighted by Crippen LogP contribution is -2.57. The molecule has 0 N–H and O–H groups in total. The average molecular weight is 394 g/mol. The Morgan fingerprint density at radius 2 is 1.23 bits per heavy atom. The smallest absolute Gasteiger partial charge is 0.260 e. The van der Waals surface area contributed by atoms with Gasteiger partial charge in [0.1, 0.15) is 23.0 Å². The van der Waals surface area contributed by atoms with Crippen LogP contribution in [0.1, 0.15) is 0 Å². The minimum Gasteiger partial charge on any atom is -0.458 e. The van der Waals surface area contributed by atoms with Gasteiger partial charge in [-0.25, -0.2) is 0 Å². The van der Waals surface area contributed by atoms with E-state index in [0.717, 1.165) is 28.5 Å². The highest BCUT2D eigenvalue weighted by Crippen LogP contribution is 2.42. The molecule has 0 saturated heterocycles. The number of para-hydroxylation sites is 1. The molecule has 0 unspecified atom stereocenters. The van der Waals surface area contributed by atoms with Crippen LogP contribution in [0, 0.1) is 0 Å². The molecule has 0 aliphatic carbocycles. The van der Waals surface area contributed by atoms with E-state index < -0.39 is 0 Å². The summed E-state index contributed by atoms with van der Waals surface area (Å²) in [6, 6.07) is 32.3. The predicted molar refractivity (Wildman–Crippen MR) is 128 cm³/mol. The second kappa shape index (κ2) is 5.38. The highest BCUT2D eigenvalue weighted by atomic mass is 16.5. The predicted octanol–water partition coefficient (Wildman–Crippen LogP) is 5.31. The monoisotopic (exact) mass is 394 g/mol. The van der Waals surface area contributed by atoms with Crippen LogP contribution < -0.4 is 25.9 Å². The van der Waals surface area contributed by atoms with Crippen molar-refractivity contribution in [1.82, 2.24) is 0 Å². The molecule has 2 aliphatic heterocycles. The number of fused-ring (bicyclic) bond motifs is 5. The zero-order chi connectivity index (χ0) is 20.1.